The normalized spacial score (nSPS) is 12.2. The van der Waals surface area contributed by atoms with Crippen LogP contribution in [0.1, 0.15) is 20.3 Å². The summed E-state index contributed by atoms with van der Waals surface area (Å²) >= 11 is 0. The van der Waals surface area contributed by atoms with Crippen LogP contribution < -0.4 is 0 Å². The van der Waals surface area contributed by atoms with Crippen molar-refractivity contribution in [3.05, 3.63) is 30.3 Å². The molecule has 0 amide bonds. The monoisotopic (exact) mass is 269 g/mol. The van der Waals surface area contributed by atoms with Crippen LogP contribution in [0.3, 0.4) is 0 Å². The summed E-state index contributed by atoms with van der Waals surface area (Å²) in [5.41, 5.74) is 0. The van der Waals surface area contributed by atoms with Gasteiger partial charge in [-0.25, -0.2) is 8.42 Å². The Labute approximate surface area is 109 Å². The molecule has 0 aliphatic rings. The summed E-state index contributed by atoms with van der Waals surface area (Å²) < 4.78 is 23.7. The van der Waals surface area contributed by atoms with Crippen LogP contribution in [-0.2, 0) is 14.7 Å². The smallest absolute Gasteiger partial charge is 0.181 e. The molecule has 0 radical (unpaired) electrons. The predicted octanol–water partition coefficient (Wildman–Crippen LogP) is 2.51. The molecular weight excluding hydrogens is 250 g/mol. The van der Waals surface area contributed by atoms with Gasteiger partial charge in [-0.1, -0.05) is 37.2 Å². The lowest BCUT2D eigenvalue weighted by Gasteiger charge is -2.03. The minimum Gasteiger partial charge on any atom is -0.395 e. The zero-order valence-electron chi connectivity index (χ0n) is 10.7. The average molecular weight is 269 g/mol. The Balaban J connectivity index is 2.38. The van der Waals surface area contributed by atoms with Crippen molar-refractivity contribution in [1.29, 1.82) is 0 Å². The molecule has 0 fully saturated rings. The molecule has 4 nitrogen and oxygen atoms in total. The van der Waals surface area contributed by atoms with Gasteiger partial charge in [-0.3, -0.25) is 0 Å². The highest BCUT2D eigenvalue weighted by Gasteiger charge is 2.13. The minimum atomic E-state index is -3.26. The van der Waals surface area contributed by atoms with Crippen molar-refractivity contribution < 1.29 is 13.3 Å². The number of benzene rings is 1. The van der Waals surface area contributed by atoms with Crippen molar-refractivity contribution in [1.82, 2.24) is 0 Å². The molecule has 5 heteroatoms. The molecule has 0 aromatic heterocycles. The van der Waals surface area contributed by atoms with Gasteiger partial charge in [-0.15, -0.1) is 0 Å². The summed E-state index contributed by atoms with van der Waals surface area (Å²) in [4.78, 5) is 5.25. The maximum atomic E-state index is 11.8. The molecule has 0 saturated heterocycles. The van der Waals surface area contributed by atoms with E-state index in [4.69, 9.17) is 4.84 Å². The van der Waals surface area contributed by atoms with Gasteiger partial charge in [0.05, 0.1) is 10.6 Å². The highest BCUT2D eigenvalue weighted by Crippen LogP contribution is 2.09. The van der Waals surface area contributed by atoms with Crippen molar-refractivity contribution in [3.8, 4) is 0 Å². The third-order valence-electron chi connectivity index (χ3n) is 2.27. The first-order valence-corrected chi connectivity index (χ1v) is 7.59. The van der Waals surface area contributed by atoms with Crippen LogP contribution in [0.2, 0.25) is 0 Å². The summed E-state index contributed by atoms with van der Waals surface area (Å²) in [6.45, 7) is 4.23. The van der Waals surface area contributed by atoms with E-state index in [2.05, 4.69) is 19.0 Å². The summed E-state index contributed by atoms with van der Waals surface area (Å²) in [6, 6.07) is 8.35. The minimum absolute atomic E-state index is 0.0595. The Kier molecular flexibility index (Phi) is 5.85. The van der Waals surface area contributed by atoms with Gasteiger partial charge < -0.3 is 4.84 Å². The molecular formula is C13H19NO3S. The van der Waals surface area contributed by atoms with E-state index in [1.807, 2.05) is 0 Å². The summed E-state index contributed by atoms with van der Waals surface area (Å²) in [5, 5.41) is 3.72. The highest BCUT2D eigenvalue weighted by molar-refractivity contribution is 7.91. The molecule has 0 saturated carbocycles. The fraction of sp³-hybridized carbons (Fsp3) is 0.462. The van der Waals surface area contributed by atoms with E-state index in [1.54, 1.807) is 36.5 Å². The molecule has 1 aromatic carbocycles. The number of sulfone groups is 1. The van der Waals surface area contributed by atoms with Gasteiger partial charge in [-0.05, 0) is 24.5 Å². The van der Waals surface area contributed by atoms with Crippen LogP contribution in [0.5, 0.6) is 0 Å². The molecule has 0 unspecified atom stereocenters. The number of hydrogen-bond acceptors (Lipinski definition) is 4. The zero-order chi connectivity index (χ0) is 13.4. The van der Waals surface area contributed by atoms with Gasteiger partial charge in [-0.2, -0.15) is 0 Å². The lowest BCUT2D eigenvalue weighted by atomic mass is 10.2. The lowest BCUT2D eigenvalue weighted by Crippen LogP contribution is -2.11. The molecule has 0 atom stereocenters. The molecule has 0 aliphatic heterocycles. The Morgan fingerprint density at radius 2 is 1.94 bits per heavy atom. The molecule has 0 spiro atoms. The van der Waals surface area contributed by atoms with Gasteiger partial charge in [0.2, 0.25) is 0 Å². The van der Waals surface area contributed by atoms with Crippen molar-refractivity contribution >= 4 is 16.1 Å². The number of nitrogens with zero attached hydrogens (tertiary/aromatic N) is 1. The molecule has 1 rings (SSSR count). The Hall–Kier alpha value is -1.36. The molecule has 0 aliphatic carbocycles. The molecule has 0 heterocycles. The third-order valence-corrected chi connectivity index (χ3v) is 3.97. The second-order valence-corrected chi connectivity index (χ2v) is 6.49. The topological polar surface area (TPSA) is 55.7 Å². The van der Waals surface area contributed by atoms with Gasteiger partial charge in [0.15, 0.2) is 9.84 Å². The molecule has 18 heavy (non-hydrogen) atoms. The van der Waals surface area contributed by atoms with Gasteiger partial charge >= 0.3 is 0 Å². The van der Waals surface area contributed by atoms with Crippen LogP contribution in [0.4, 0.5) is 0 Å². The highest BCUT2D eigenvalue weighted by atomic mass is 32.2. The van der Waals surface area contributed by atoms with Gasteiger partial charge in [0.1, 0.15) is 6.61 Å². The predicted molar refractivity (Wildman–Crippen MR) is 72.4 cm³/mol. The summed E-state index contributed by atoms with van der Waals surface area (Å²) in [6.07, 6.45) is 2.49. The zero-order valence-corrected chi connectivity index (χ0v) is 11.6. The van der Waals surface area contributed by atoms with E-state index < -0.39 is 9.84 Å². The van der Waals surface area contributed by atoms with Crippen molar-refractivity contribution in [2.75, 3.05) is 12.4 Å². The first-order chi connectivity index (χ1) is 8.52. The maximum Gasteiger partial charge on any atom is 0.181 e. The number of oxime groups is 1. The standard InChI is InChI=1S/C13H19NO3S/c1-12(2)8-9-14-17-10-11-18(15,16)13-6-4-3-5-7-13/h3-7,9,12H,8,10-11H2,1-2H3/b14-9+. The second-order valence-electron chi connectivity index (χ2n) is 4.38. The second kappa shape index (κ2) is 7.16. The van der Waals surface area contributed by atoms with Crippen LogP contribution >= 0.6 is 0 Å². The van der Waals surface area contributed by atoms with Crippen LogP contribution in [-0.4, -0.2) is 27.0 Å². The van der Waals surface area contributed by atoms with E-state index in [0.717, 1.165) is 6.42 Å². The van der Waals surface area contributed by atoms with Crippen molar-refractivity contribution in [2.24, 2.45) is 11.1 Å². The first kappa shape index (κ1) is 14.7. The van der Waals surface area contributed by atoms with E-state index in [1.165, 1.54) is 0 Å². The number of hydrogen-bond donors (Lipinski definition) is 0. The van der Waals surface area contributed by atoms with Crippen LogP contribution in [0.15, 0.2) is 40.4 Å². The molecule has 100 valence electrons. The van der Waals surface area contributed by atoms with E-state index in [9.17, 15) is 8.42 Å². The Bertz CT molecular complexity index is 466. The van der Waals surface area contributed by atoms with Gasteiger partial charge in [0.25, 0.3) is 0 Å². The van der Waals surface area contributed by atoms with E-state index in [0.29, 0.717) is 10.8 Å². The van der Waals surface area contributed by atoms with Crippen molar-refractivity contribution in [2.45, 2.75) is 25.2 Å². The maximum absolute atomic E-state index is 11.8. The molecule has 1 aromatic rings. The summed E-state index contributed by atoms with van der Waals surface area (Å²) in [7, 11) is -3.26. The van der Waals surface area contributed by atoms with Gasteiger partial charge in [0, 0.05) is 6.21 Å². The Morgan fingerprint density at radius 3 is 2.56 bits per heavy atom. The fourth-order valence-corrected chi connectivity index (χ4v) is 2.35. The largest absolute Gasteiger partial charge is 0.395 e. The van der Waals surface area contributed by atoms with E-state index >= 15 is 0 Å². The van der Waals surface area contributed by atoms with Crippen molar-refractivity contribution in [3.63, 3.8) is 0 Å². The SMILES string of the molecule is CC(C)C/C=N/OCCS(=O)(=O)c1ccccc1. The molecule has 0 bridgehead atoms. The summed E-state index contributed by atoms with van der Waals surface area (Å²) in [5.74, 6) is 0.459. The first-order valence-electron chi connectivity index (χ1n) is 5.94. The van der Waals surface area contributed by atoms with E-state index in [-0.39, 0.29) is 12.4 Å². The van der Waals surface area contributed by atoms with Crippen LogP contribution in [0, 0.1) is 5.92 Å². The van der Waals surface area contributed by atoms with Crippen LogP contribution in [0.25, 0.3) is 0 Å². The quantitative estimate of drug-likeness (QED) is 0.434. The Morgan fingerprint density at radius 1 is 1.28 bits per heavy atom. The average Bonchev–Trinajstić information content (AvgIpc) is 2.34. The number of rotatable bonds is 7. The molecule has 0 N–H and O–H groups in total. The fourth-order valence-electron chi connectivity index (χ4n) is 1.25. The third kappa shape index (κ3) is 5.31. The lowest BCUT2D eigenvalue weighted by molar-refractivity contribution is 0.161.